The molecule has 14 heavy (non-hydrogen) atoms. The molecule has 3 unspecified atom stereocenters. The average molecular weight is 198 g/mol. The van der Waals surface area contributed by atoms with Gasteiger partial charge in [0, 0.05) is 6.04 Å². The van der Waals surface area contributed by atoms with Crippen LogP contribution in [0.1, 0.15) is 46.0 Å². The molecule has 0 heterocycles. The van der Waals surface area contributed by atoms with Crippen LogP contribution in [0.5, 0.6) is 0 Å². The lowest BCUT2D eigenvalue weighted by molar-refractivity contribution is 0.457. The Labute approximate surface area is 88.6 Å². The Morgan fingerprint density at radius 3 is 2.79 bits per heavy atom. The molecule has 0 spiro atoms. The molecule has 0 amide bonds. The molecule has 0 radical (unpaired) electrons. The van der Waals surface area contributed by atoms with Crippen molar-refractivity contribution in [1.82, 2.24) is 5.32 Å². The summed E-state index contributed by atoms with van der Waals surface area (Å²) in [5, 5.41) is 3.65. The van der Waals surface area contributed by atoms with E-state index in [0.717, 1.165) is 18.5 Å². The van der Waals surface area contributed by atoms with E-state index in [1.54, 1.807) is 0 Å². The fourth-order valence-corrected chi connectivity index (χ4v) is 2.27. The van der Waals surface area contributed by atoms with Gasteiger partial charge in [-0.15, -0.1) is 0 Å². The molecule has 1 aliphatic carbocycles. The minimum atomic E-state index is 0.694. The quantitative estimate of drug-likeness (QED) is 0.642. The van der Waals surface area contributed by atoms with Gasteiger partial charge in [-0.1, -0.05) is 13.8 Å². The predicted molar refractivity (Wildman–Crippen MR) is 62.3 cm³/mol. The molecule has 2 heteroatoms. The van der Waals surface area contributed by atoms with Crippen LogP contribution >= 0.6 is 0 Å². The fraction of sp³-hybridized carbons (Fsp3) is 1.00. The third-order valence-corrected chi connectivity index (χ3v) is 3.40. The number of hydrogen-bond acceptors (Lipinski definition) is 2. The molecule has 1 aliphatic rings. The summed E-state index contributed by atoms with van der Waals surface area (Å²) in [6.07, 6.45) is 6.73. The van der Waals surface area contributed by atoms with Crippen LogP contribution in [-0.4, -0.2) is 19.1 Å². The number of nitrogens with one attached hydrogen (secondary N) is 1. The smallest absolute Gasteiger partial charge is 0.00696 e. The molecular formula is C12H26N2. The molecule has 3 atom stereocenters. The zero-order valence-corrected chi connectivity index (χ0v) is 9.76. The standard InChI is InChI=1S/C12H26N2/c1-10-5-6-12(8-10)14-7-3-4-11(2)9-13/h10-12,14H,3-9,13H2,1-2H3. The molecule has 0 aliphatic heterocycles. The van der Waals surface area contributed by atoms with Crippen LogP contribution in [0.15, 0.2) is 0 Å². The van der Waals surface area contributed by atoms with Crippen molar-refractivity contribution < 1.29 is 0 Å². The second kappa shape index (κ2) is 6.41. The number of hydrogen-bond donors (Lipinski definition) is 2. The summed E-state index contributed by atoms with van der Waals surface area (Å²) in [6, 6.07) is 0.804. The maximum absolute atomic E-state index is 5.57. The number of rotatable bonds is 6. The second-order valence-corrected chi connectivity index (χ2v) is 5.05. The topological polar surface area (TPSA) is 38.0 Å². The molecule has 1 fully saturated rings. The van der Waals surface area contributed by atoms with E-state index in [1.165, 1.54) is 38.6 Å². The first-order valence-corrected chi connectivity index (χ1v) is 6.15. The van der Waals surface area contributed by atoms with E-state index >= 15 is 0 Å². The van der Waals surface area contributed by atoms with Crippen LogP contribution in [-0.2, 0) is 0 Å². The van der Waals surface area contributed by atoms with Gasteiger partial charge in [0.2, 0.25) is 0 Å². The van der Waals surface area contributed by atoms with E-state index in [9.17, 15) is 0 Å². The first kappa shape index (κ1) is 12.0. The van der Waals surface area contributed by atoms with Gasteiger partial charge in [-0.2, -0.15) is 0 Å². The first-order valence-electron chi connectivity index (χ1n) is 6.15. The highest BCUT2D eigenvalue weighted by molar-refractivity contribution is 4.78. The van der Waals surface area contributed by atoms with Crippen molar-refractivity contribution in [2.45, 2.75) is 52.0 Å². The Kier molecular flexibility index (Phi) is 5.49. The lowest BCUT2D eigenvalue weighted by Crippen LogP contribution is -2.27. The third-order valence-electron chi connectivity index (χ3n) is 3.40. The molecule has 84 valence electrons. The van der Waals surface area contributed by atoms with Crippen molar-refractivity contribution in [3.05, 3.63) is 0 Å². The molecule has 2 nitrogen and oxygen atoms in total. The van der Waals surface area contributed by atoms with E-state index in [0.29, 0.717) is 5.92 Å². The van der Waals surface area contributed by atoms with Gasteiger partial charge in [-0.3, -0.25) is 0 Å². The van der Waals surface area contributed by atoms with Gasteiger partial charge >= 0.3 is 0 Å². The van der Waals surface area contributed by atoms with E-state index in [-0.39, 0.29) is 0 Å². The van der Waals surface area contributed by atoms with Gasteiger partial charge in [0.1, 0.15) is 0 Å². The van der Waals surface area contributed by atoms with Crippen molar-refractivity contribution in [3.8, 4) is 0 Å². The zero-order chi connectivity index (χ0) is 10.4. The van der Waals surface area contributed by atoms with Gasteiger partial charge in [0.15, 0.2) is 0 Å². The van der Waals surface area contributed by atoms with Crippen LogP contribution in [0.25, 0.3) is 0 Å². The number of nitrogens with two attached hydrogens (primary N) is 1. The van der Waals surface area contributed by atoms with Crippen molar-refractivity contribution in [1.29, 1.82) is 0 Å². The highest BCUT2D eigenvalue weighted by Gasteiger charge is 2.19. The van der Waals surface area contributed by atoms with E-state index in [4.69, 9.17) is 5.73 Å². The third kappa shape index (κ3) is 4.43. The second-order valence-electron chi connectivity index (χ2n) is 5.05. The Morgan fingerprint density at radius 2 is 2.21 bits per heavy atom. The maximum atomic E-state index is 5.57. The molecule has 3 N–H and O–H groups in total. The Balaban J connectivity index is 1.94. The minimum absolute atomic E-state index is 0.694. The lowest BCUT2D eigenvalue weighted by Gasteiger charge is -2.13. The molecule has 0 bridgehead atoms. The van der Waals surface area contributed by atoms with E-state index < -0.39 is 0 Å². The molecule has 0 aromatic rings. The SMILES string of the molecule is CC(CN)CCCNC1CCC(C)C1. The normalized spacial score (nSPS) is 29.4. The van der Waals surface area contributed by atoms with Gasteiger partial charge in [-0.05, 0) is 57.0 Å². The van der Waals surface area contributed by atoms with E-state index in [2.05, 4.69) is 19.2 Å². The predicted octanol–water partition coefficient (Wildman–Crippen LogP) is 2.14. The van der Waals surface area contributed by atoms with Gasteiger partial charge in [0.25, 0.3) is 0 Å². The maximum Gasteiger partial charge on any atom is 0.00696 e. The summed E-state index contributed by atoms with van der Waals surface area (Å²) in [5.41, 5.74) is 5.57. The summed E-state index contributed by atoms with van der Waals surface area (Å²) in [7, 11) is 0. The molecule has 0 aromatic heterocycles. The Bertz CT molecular complexity index is 147. The minimum Gasteiger partial charge on any atom is -0.330 e. The van der Waals surface area contributed by atoms with Crippen molar-refractivity contribution in [2.24, 2.45) is 17.6 Å². The fourth-order valence-electron chi connectivity index (χ4n) is 2.27. The first-order chi connectivity index (χ1) is 6.72. The average Bonchev–Trinajstić information content (AvgIpc) is 2.58. The van der Waals surface area contributed by atoms with Gasteiger partial charge < -0.3 is 11.1 Å². The van der Waals surface area contributed by atoms with Gasteiger partial charge in [0.05, 0.1) is 0 Å². The summed E-state index contributed by atoms with van der Waals surface area (Å²) in [6.45, 7) is 6.61. The molecule has 1 rings (SSSR count). The van der Waals surface area contributed by atoms with Crippen molar-refractivity contribution >= 4 is 0 Å². The Morgan fingerprint density at radius 1 is 1.43 bits per heavy atom. The summed E-state index contributed by atoms with van der Waals surface area (Å²) in [4.78, 5) is 0. The Hall–Kier alpha value is -0.0800. The van der Waals surface area contributed by atoms with Crippen LogP contribution < -0.4 is 11.1 Å². The zero-order valence-electron chi connectivity index (χ0n) is 9.76. The molecular weight excluding hydrogens is 172 g/mol. The summed E-state index contributed by atoms with van der Waals surface area (Å²) >= 11 is 0. The molecule has 0 saturated heterocycles. The van der Waals surface area contributed by atoms with Crippen molar-refractivity contribution in [3.63, 3.8) is 0 Å². The lowest BCUT2D eigenvalue weighted by atomic mass is 10.1. The van der Waals surface area contributed by atoms with Crippen LogP contribution in [0, 0.1) is 11.8 Å². The highest BCUT2D eigenvalue weighted by Crippen LogP contribution is 2.24. The molecule has 1 saturated carbocycles. The van der Waals surface area contributed by atoms with Crippen molar-refractivity contribution in [2.75, 3.05) is 13.1 Å². The van der Waals surface area contributed by atoms with Crippen LogP contribution in [0.2, 0.25) is 0 Å². The monoisotopic (exact) mass is 198 g/mol. The summed E-state index contributed by atoms with van der Waals surface area (Å²) in [5.74, 6) is 1.63. The largest absolute Gasteiger partial charge is 0.330 e. The van der Waals surface area contributed by atoms with Crippen LogP contribution in [0.4, 0.5) is 0 Å². The molecule has 0 aromatic carbocycles. The summed E-state index contributed by atoms with van der Waals surface area (Å²) < 4.78 is 0. The van der Waals surface area contributed by atoms with Gasteiger partial charge in [-0.25, -0.2) is 0 Å². The van der Waals surface area contributed by atoms with E-state index in [1.807, 2.05) is 0 Å². The highest BCUT2D eigenvalue weighted by atomic mass is 14.9. The van der Waals surface area contributed by atoms with Crippen LogP contribution in [0.3, 0.4) is 0 Å².